The lowest BCUT2D eigenvalue weighted by molar-refractivity contribution is 0.181. The zero-order valence-electron chi connectivity index (χ0n) is 14.1. The molecular weight excluding hydrogens is 326 g/mol. The second-order valence-corrected chi connectivity index (χ2v) is 7.15. The average Bonchev–Trinajstić information content (AvgIpc) is 3.43. The van der Waals surface area contributed by atoms with E-state index in [9.17, 15) is 9.90 Å². The van der Waals surface area contributed by atoms with Gasteiger partial charge in [-0.3, -0.25) is 9.36 Å². The summed E-state index contributed by atoms with van der Waals surface area (Å²) in [4.78, 5) is 21.8. The summed E-state index contributed by atoms with van der Waals surface area (Å²) >= 11 is 0. The highest BCUT2D eigenvalue weighted by Crippen LogP contribution is 2.62. The fraction of sp³-hybridized carbons (Fsp3) is 0.286. The minimum absolute atomic E-state index is 0.00711. The average molecular weight is 343 g/mol. The lowest BCUT2D eigenvalue weighted by Gasteiger charge is -2.23. The monoisotopic (exact) mass is 343 g/mol. The van der Waals surface area contributed by atoms with Crippen molar-refractivity contribution in [3.8, 4) is 11.8 Å². The molecule has 1 aliphatic carbocycles. The molecule has 3 heterocycles. The number of aliphatic hydroxyl groups is 1. The predicted molar refractivity (Wildman–Crippen MR) is 97.7 cm³/mol. The van der Waals surface area contributed by atoms with Crippen molar-refractivity contribution in [2.45, 2.75) is 25.3 Å². The number of aromatic nitrogens is 3. The molecule has 0 radical (unpaired) electrons. The molecule has 5 rings (SSSR count). The summed E-state index contributed by atoms with van der Waals surface area (Å²) in [5.41, 5.74) is 2.14. The summed E-state index contributed by atoms with van der Waals surface area (Å²) in [6, 6.07) is 11.1. The molecule has 0 saturated heterocycles. The molecule has 5 heteroatoms. The number of pyridine rings is 1. The van der Waals surface area contributed by atoms with Crippen LogP contribution >= 0.6 is 0 Å². The van der Waals surface area contributed by atoms with E-state index in [-0.39, 0.29) is 23.5 Å². The van der Waals surface area contributed by atoms with E-state index in [4.69, 9.17) is 4.98 Å². The number of nitrogens with zero attached hydrogens (tertiary/aromatic N) is 3. The lowest BCUT2D eigenvalue weighted by Crippen LogP contribution is -2.31. The minimum atomic E-state index is -0.0521. The molecule has 26 heavy (non-hydrogen) atoms. The number of aliphatic hydroxyl groups excluding tert-OH is 1. The van der Waals surface area contributed by atoms with E-state index >= 15 is 0 Å². The van der Waals surface area contributed by atoms with Gasteiger partial charge in [0.2, 0.25) is 0 Å². The van der Waals surface area contributed by atoms with E-state index in [0.717, 1.165) is 24.2 Å². The Hall–Kier alpha value is -2.97. The number of fused-ring (bicyclic) bond motifs is 4. The molecule has 2 unspecified atom stereocenters. The molecule has 2 aliphatic rings. The Morgan fingerprint density at radius 1 is 1.27 bits per heavy atom. The molecule has 128 valence electrons. The Morgan fingerprint density at radius 2 is 2.19 bits per heavy atom. The van der Waals surface area contributed by atoms with Crippen molar-refractivity contribution in [3.63, 3.8) is 0 Å². The molecule has 0 spiro atoms. The lowest BCUT2D eigenvalue weighted by atomic mass is 9.96. The minimum Gasteiger partial charge on any atom is -0.396 e. The molecule has 5 nitrogen and oxygen atoms in total. The molecule has 1 aromatic carbocycles. The Bertz CT molecular complexity index is 1140. The van der Waals surface area contributed by atoms with E-state index in [1.807, 2.05) is 30.3 Å². The molecule has 1 N–H and O–H groups in total. The smallest absolute Gasteiger partial charge is 0.261 e. The van der Waals surface area contributed by atoms with Gasteiger partial charge in [-0.25, -0.2) is 9.97 Å². The van der Waals surface area contributed by atoms with Gasteiger partial charge >= 0.3 is 0 Å². The summed E-state index contributed by atoms with van der Waals surface area (Å²) in [6.45, 7) is 0.802. The zero-order chi connectivity index (χ0) is 17.7. The second kappa shape index (κ2) is 5.52. The first-order chi connectivity index (χ1) is 12.7. The Balaban J connectivity index is 1.60. The van der Waals surface area contributed by atoms with Crippen LogP contribution in [0.15, 0.2) is 47.4 Å². The maximum atomic E-state index is 12.8. The van der Waals surface area contributed by atoms with Gasteiger partial charge in [0.15, 0.2) is 0 Å². The molecule has 2 aromatic heterocycles. The van der Waals surface area contributed by atoms with Crippen LogP contribution in [0.2, 0.25) is 0 Å². The normalized spacial score (nSPS) is 22.9. The van der Waals surface area contributed by atoms with Gasteiger partial charge in [-0.05, 0) is 49.1 Å². The van der Waals surface area contributed by atoms with Crippen molar-refractivity contribution < 1.29 is 5.11 Å². The molecule has 2 atom stereocenters. The molecule has 0 bridgehead atoms. The third kappa shape index (κ3) is 2.27. The second-order valence-electron chi connectivity index (χ2n) is 7.15. The van der Waals surface area contributed by atoms with E-state index in [2.05, 4.69) is 16.8 Å². The van der Waals surface area contributed by atoms with Crippen molar-refractivity contribution >= 4 is 10.9 Å². The summed E-state index contributed by atoms with van der Waals surface area (Å²) in [5, 5.41) is 10.3. The van der Waals surface area contributed by atoms with E-state index < -0.39 is 0 Å². The van der Waals surface area contributed by atoms with E-state index in [0.29, 0.717) is 23.1 Å². The van der Waals surface area contributed by atoms with Crippen LogP contribution < -0.4 is 5.56 Å². The van der Waals surface area contributed by atoms with Gasteiger partial charge in [-0.2, -0.15) is 0 Å². The van der Waals surface area contributed by atoms with Crippen molar-refractivity contribution in [1.29, 1.82) is 0 Å². The van der Waals surface area contributed by atoms with Gasteiger partial charge in [0.05, 0.1) is 10.9 Å². The third-order valence-corrected chi connectivity index (χ3v) is 5.63. The largest absolute Gasteiger partial charge is 0.396 e. The van der Waals surface area contributed by atoms with Crippen LogP contribution in [0.4, 0.5) is 0 Å². The number of rotatable bonds is 1. The molecular formula is C21H17N3O2. The van der Waals surface area contributed by atoms with Crippen molar-refractivity contribution in [1.82, 2.24) is 14.5 Å². The van der Waals surface area contributed by atoms with Crippen LogP contribution in [0.3, 0.4) is 0 Å². The quantitative estimate of drug-likeness (QED) is 0.687. The van der Waals surface area contributed by atoms with Gasteiger partial charge in [-0.1, -0.05) is 12.0 Å². The SMILES string of the molecule is O=c1c2ccc(C#Cc3ccccn3)cc2nc2n1CCC1(CO)CC21. The van der Waals surface area contributed by atoms with Crippen molar-refractivity contribution in [3.05, 3.63) is 70.0 Å². The first-order valence-electron chi connectivity index (χ1n) is 8.79. The third-order valence-electron chi connectivity index (χ3n) is 5.63. The highest BCUT2D eigenvalue weighted by molar-refractivity contribution is 5.79. The first-order valence-corrected chi connectivity index (χ1v) is 8.79. The Morgan fingerprint density at radius 3 is 3.00 bits per heavy atom. The summed E-state index contributed by atoms with van der Waals surface area (Å²) in [6.07, 6.45) is 3.48. The maximum Gasteiger partial charge on any atom is 0.261 e. The Kier molecular flexibility index (Phi) is 3.25. The molecule has 1 fully saturated rings. The number of hydrogen-bond donors (Lipinski definition) is 1. The van der Waals surface area contributed by atoms with Crippen LogP contribution in [-0.2, 0) is 6.54 Å². The molecule has 1 aliphatic heterocycles. The highest BCUT2D eigenvalue weighted by Gasteiger charge is 2.58. The van der Waals surface area contributed by atoms with Gasteiger partial charge in [0.25, 0.3) is 5.56 Å². The zero-order valence-corrected chi connectivity index (χ0v) is 14.1. The standard InChI is InChI=1S/C21H17N3O2/c25-13-21-8-10-24-19(17(21)12-21)23-18-11-14(5-7-16(18)20(24)26)4-6-15-3-1-2-9-22-15/h1-3,5,7,9,11,17,25H,8,10,12-13H2. The van der Waals surface area contributed by atoms with E-state index in [1.165, 1.54) is 0 Å². The predicted octanol–water partition coefficient (Wildman–Crippen LogP) is 2.06. The van der Waals surface area contributed by atoms with Gasteiger partial charge in [0, 0.05) is 36.2 Å². The Labute approximate surface area is 150 Å². The van der Waals surface area contributed by atoms with Crippen LogP contribution in [0.1, 0.15) is 35.8 Å². The number of hydrogen-bond acceptors (Lipinski definition) is 4. The van der Waals surface area contributed by atoms with Crippen LogP contribution in [0.5, 0.6) is 0 Å². The van der Waals surface area contributed by atoms with Crippen LogP contribution in [0, 0.1) is 17.3 Å². The van der Waals surface area contributed by atoms with Gasteiger partial charge < -0.3 is 5.11 Å². The highest BCUT2D eigenvalue weighted by atomic mass is 16.3. The van der Waals surface area contributed by atoms with Gasteiger partial charge in [0.1, 0.15) is 11.5 Å². The molecule has 3 aromatic rings. The summed E-state index contributed by atoms with van der Waals surface area (Å²) in [5.74, 6) is 7.13. The van der Waals surface area contributed by atoms with Crippen molar-refractivity contribution in [2.24, 2.45) is 5.41 Å². The fourth-order valence-corrected chi connectivity index (χ4v) is 3.95. The van der Waals surface area contributed by atoms with Crippen LogP contribution in [-0.4, -0.2) is 26.2 Å². The summed E-state index contributed by atoms with van der Waals surface area (Å²) in [7, 11) is 0. The van der Waals surface area contributed by atoms with Gasteiger partial charge in [-0.15, -0.1) is 0 Å². The first kappa shape index (κ1) is 15.3. The number of benzene rings is 1. The fourth-order valence-electron chi connectivity index (χ4n) is 3.95. The molecule has 0 amide bonds. The molecule has 1 saturated carbocycles. The topological polar surface area (TPSA) is 68.0 Å². The van der Waals surface area contributed by atoms with E-state index in [1.54, 1.807) is 16.8 Å². The van der Waals surface area contributed by atoms with Crippen molar-refractivity contribution in [2.75, 3.05) is 6.61 Å². The summed E-state index contributed by atoms with van der Waals surface area (Å²) < 4.78 is 1.78. The van der Waals surface area contributed by atoms with Crippen LogP contribution in [0.25, 0.3) is 10.9 Å². The maximum absolute atomic E-state index is 12.8.